The molecule has 1 saturated carbocycles. The van der Waals surface area contributed by atoms with Crippen LogP contribution in [0.5, 0.6) is 0 Å². The monoisotopic (exact) mass is 315 g/mol. The van der Waals surface area contributed by atoms with Gasteiger partial charge in [0.05, 0.1) is 0 Å². The number of amides is 1. The molecule has 17 heavy (non-hydrogen) atoms. The van der Waals surface area contributed by atoms with Crippen LogP contribution in [0.2, 0.25) is 0 Å². The fraction of sp³-hybridized carbons (Fsp3) is 0.909. The summed E-state index contributed by atoms with van der Waals surface area (Å²) in [6.07, 6.45) is -1.73. The van der Waals surface area contributed by atoms with Gasteiger partial charge in [-0.05, 0) is 18.8 Å². The van der Waals surface area contributed by atoms with Crippen LogP contribution in [0.25, 0.3) is 0 Å². The first-order valence-corrected chi connectivity index (χ1v) is 6.89. The topological polar surface area (TPSA) is 20.3 Å². The van der Waals surface area contributed by atoms with Crippen LogP contribution in [0.4, 0.5) is 13.2 Å². The molecule has 100 valence electrons. The number of carbonyl (C=O) groups excluding carboxylic acids is 1. The zero-order valence-electron chi connectivity index (χ0n) is 9.76. The molecule has 0 N–H and O–H groups in total. The van der Waals surface area contributed by atoms with Crippen molar-refractivity contribution >= 4 is 21.8 Å². The smallest absolute Gasteiger partial charge is 0.333 e. The summed E-state index contributed by atoms with van der Waals surface area (Å²) < 4.78 is 37.1. The van der Waals surface area contributed by atoms with Crippen molar-refractivity contribution in [2.24, 2.45) is 11.8 Å². The van der Waals surface area contributed by atoms with Crippen LogP contribution in [0, 0.1) is 11.8 Å². The molecule has 0 aromatic heterocycles. The maximum atomic E-state index is 12.4. The average molecular weight is 316 g/mol. The lowest BCUT2D eigenvalue weighted by Crippen LogP contribution is -2.43. The van der Waals surface area contributed by atoms with E-state index < -0.39 is 12.7 Å². The molecule has 0 bridgehead atoms. The first-order valence-electron chi connectivity index (χ1n) is 5.76. The first-order chi connectivity index (χ1) is 7.85. The van der Waals surface area contributed by atoms with Gasteiger partial charge in [-0.25, -0.2) is 0 Å². The van der Waals surface area contributed by atoms with Crippen molar-refractivity contribution in [1.82, 2.24) is 4.90 Å². The third kappa shape index (κ3) is 4.48. The van der Waals surface area contributed by atoms with Gasteiger partial charge in [0.1, 0.15) is 6.54 Å². The van der Waals surface area contributed by atoms with Crippen LogP contribution < -0.4 is 0 Å². The number of alkyl halides is 4. The Morgan fingerprint density at radius 3 is 2.47 bits per heavy atom. The van der Waals surface area contributed by atoms with Gasteiger partial charge in [0, 0.05) is 17.8 Å². The van der Waals surface area contributed by atoms with Gasteiger partial charge in [0.2, 0.25) is 5.91 Å². The summed E-state index contributed by atoms with van der Waals surface area (Å²) in [6.45, 7) is 0.914. The van der Waals surface area contributed by atoms with Gasteiger partial charge in [-0.3, -0.25) is 4.79 Å². The molecule has 6 heteroatoms. The molecule has 1 aliphatic rings. The van der Waals surface area contributed by atoms with Crippen LogP contribution in [-0.2, 0) is 4.79 Å². The van der Waals surface area contributed by atoms with Gasteiger partial charge in [0.15, 0.2) is 0 Å². The molecule has 0 radical (unpaired) electrons. The normalized spacial score (nSPS) is 25.0. The Labute approximate surface area is 108 Å². The summed E-state index contributed by atoms with van der Waals surface area (Å²) in [4.78, 5) is 13.0. The van der Waals surface area contributed by atoms with Crippen molar-refractivity contribution in [3.8, 4) is 0 Å². The summed E-state index contributed by atoms with van der Waals surface area (Å²) in [5.74, 6) is -0.364. The van der Waals surface area contributed by atoms with E-state index in [0.717, 1.165) is 24.2 Å². The summed E-state index contributed by atoms with van der Waals surface area (Å²) in [5.41, 5.74) is 0. The Morgan fingerprint density at radius 1 is 1.41 bits per heavy atom. The number of halogens is 4. The zero-order valence-corrected chi connectivity index (χ0v) is 11.4. The minimum absolute atomic E-state index is 0.113. The molecule has 0 aliphatic heterocycles. The van der Waals surface area contributed by atoms with E-state index in [4.69, 9.17) is 0 Å². The third-order valence-electron chi connectivity index (χ3n) is 3.21. The third-order valence-corrected chi connectivity index (χ3v) is 3.57. The Hall–Kier alpha value is -0.260. The lowest BCUT2D eigenvalue weighted by atomic mass is 9.96. The van der Waals surface area contributed by atoms with E-state index in [1.165, 1.54) is 0 Å². The molecule has 0 aromatic rings. The highest BCUT2D eigenvalue weighted by Crippen LogP contribution is 2.33. The molecule has 0 saturated heterocycles. The van der Waals surface area contributed by atoms with Crippen LogP contribution in [-0.4, -0.2) is 35.4 Å². The lowest BCUT2D eigenvalue weighted by Gasteiger charge is -2.27. The van der Waals surface area contributed by atoms with Crippen LogP contribution >= 0.6 is 15.9 Å². The predicted octanol–water partition coefficient (Wildman–Crippen LogP) is 3.21. The molecule has 2 unspecified atom stereocenters. The van der Waals surface area contributed by atoms with Gasteiger partial charge >= 0.3 is 6.18 Å². The van der Waals surface area contributed by atoms with Gasteiger partial charge in [-0.2, -0.15) is 13.2 Å². The molecule has 0 aromatic carbocycles. The minimum atomic E-state index is -4.32. The van der Waals surface area contributed by atoms with Crippen molar-refractivity contribution in [2.75, 3.05) is 18.4 Å². The molecule has 1 aliphatic carbocycles. The van der Waals surface area contributed by atoms with Gasteiger partial charge in [-0.15, -0.1) is 0 Å². The quantitative estimate of drug-likeness (QED) is 0.729. The molecule has 1 amide bonds. The van der Waals surface area contributed by atoms with Crippen molar-refractivity contribution in [3.63, 3.8) is 0 Å². The van der Waals surface area contributed by atoms with E-state index in [0.29, 0.717) is 5.33 Å². The number of rotatable bonds is 4. The van der Waals surface area contributed by atoms with Crippen LogP contribution in [0.15, 0.2) is 0 Å². The summed E-state index contributed by atoms with van der Waals surface area (Å²) in [6, 6.07) is 0. The van der Waals surface area contributed by atoms with Crippen molar-refractivity contribution < 1.29 is 18.0 Å². The van der Waals surface area contributed by atoms with Crippen LogP contribution in [0.1, 0.15) is 26.2 Å². The maximum Gasteiger partial charge on any atom is 0.406 e. The molecule has 1 rings (SSSR count). The van der Waals surface area contributed by atoms with Gasteiger partial charge in [-0.1, -0.05) is 29.3 Å². The lowest BCUT2D eigenvalue weighted by molar-refractivity contribution is -0.163. The molecule has 0 spiro atoms. The Balaban J connectivity index is 2.66. The van der Waals surface area contributed by atoms with Crippen molar-refractivity contribution in [3.05, 3.63) is 0 Å². The highest BCUT2D eigenvalue weighted by molar-refractivity contribution is 9.09. The Morgan fingerprint density at radius 2 is 2.06 bits per heavy atom. The second-order valence-electron chi connectivity index (χ2n) is 4.58. The summed E-state index contributed by atoms with van der Waals surface area (Å²) in [5, 5.41) is 0.371. The molecular weight excluding hydrogens is 299 g/mol. The second-order valence-corrected chi connectivity index (χ2v) is 5.37. The zero-order chi connectivity index (χ0) is 13.1. The molecule has 0 heterocycles. The maximum absolute atomic E-state index is 12.4. The van der Waals surface area contributed by atoms with Gasteiger partial charge in [0.25, 0.3) is 0 Å². The van der Waals surface area contributed by atoms with E-state index in [2.05, 4.69) is 15.9 Å². The fourth-order valence-corrected chi connectivity index (χ4v) is 2.76. The molecular formula is C11H17BrF3NO. The van der Waals surface area contributed by atoms with Gasteiger partial charge < -0.3 is 4.90 Å². The predicted molar refractivity (Wildman–Crippen MR) is 62.9 cm³/mol. The summed E-state index contributed by atoms with van der Waals surface area (Å²) >= 11 is 3.09. The highest BCUT2D eigenvalue weighted by atomic mass is 79.9. The largest absolute Gasteiger partial charge is 0.406 e. The first kappa shape index (κ1) is 14.8. The number of nitrogens with zero attached hydrogens (tertiary/aromatic N) is 1. The summed E-state index contributed by atoms with van der Waals surface area (Å²) in [7, 11) is 0. The number of hydrogen-bond donors (Lipinski definition) is 0. The van der Waals surface area contributed by atoms with Crippen molar-refractivity contribution in [1.29, 1.82) is 0 Å². The molecule has 2 atom stereocenters. The molecule has 2 nitrogen and oxygen atoms in total. The fourth-order valence-electron chi connectivity index (χ4n) is 2.33. The molecule has 1 fully saturated rings. The second kappa shape index (κ2) is 6.07. The number of hydrogen-bond acceptors (Lipinski definition) is 1. The SMILES string of the molecule is CC1CCCC1C(=O)N(CCBr)CC(F)(F)F. The average Bonchev–Trinajstić information content (AvgIpc) is 2.61. The van der Waals surface area contributed by atoms with Crippen LogP contribution in [0.3, 0.4) is 0 Å². The van der Waals surface area contributed by atoms with E-state index in [1.807, 2.05) is 6.92 Å². The van der Waals surface area contributed by atoms with E-state index in [-0.39, 0.29) is 24.3 Å². The van der Waals surface area contributed by atoms with E-state index >= 15 is 0 Å². The highest BCUT2D eigenvalue weighted by Gasteiger charge is 2.37. The van der Waals surface area contributed by atoms with E-state index in [1.54, 1.807) is 0 Å². The van der Waals surface area contributed by atoms with Crippen molar-refractivity contribution in [2.45, 2.75) is 32.4 Å². The standard InChI is InChI=1S/C11H17BrF3NO/c1-8-3-2-4-9(8)10(17)16(6-5-12)7-11(13,14)15/h8-9H,2-7H2,1H3. The Kier molecular flexibility index (Phi) is 5.28. The minimum Gasteiger partial charge on any atom is -0.333 e. The Bertz CT molecular complexity index is 270. The van der Waals surface area contributed by atoms with E-state index in [9.17, 15) is 18.0 Å². The number of carbonyl (C=O) groups is 1.